The maximum absolute atomic E-state index is 12.0. The first-order chi connectivity index (χ1) is 15.3. The van der Waals surface area contributed by atoms with Crippen molar-refractivity contribution in [2.24, 2.45) is 0 Å². The number of nitrogens with zero attached hydrogens (tertiary/aromatic N) is 3. The first-order valence-corrected chi connectivity index (χ1v) is 12.5. The zero-order chi connectivity index (χ0) is 22.9. The van der Waals surface area contributed by atoms with E-state index in [2.05, 4.69) is 40.0 Å². The number of anilines is 3. The maximum atomic E-state index is 12.0. The van der Waals surface area contributed by atoms with Crippen molar-refractivity contribution in [2.75, 3.05) is 17.7 Å². The molecule has 0 radical (unpaired) electrons. The molecule has 6 N–H and O–H groups in total. The number of rotatable bonds is 7. The Morgan fingerprint density at radius 2 is 1.79 bits per heavy atom. The molecule has 1 aliphatic rings. The summed E-state index contributed by atoms with van der Waals surface area (Å²) in [5.41, 5.74) is 6.84. The Morgan fingerprint density at radius 3 is 2.39 bits per heavy atom. The summed E-state index contributed by atoms with van der Waals surface area (Å²) < 4.78 is 28.1. The molecule has 2 aromatic heterocycles. The van der Waals surface area contributed by atoms with Gasteiger partial charge in [0.15, 0.2) is 5.65 Å². The van der Waals surface area contributed by atoms with Crippen LogP contribution >= 0.6 is 0 Å². The second kappa shape index (κ2) is 10.3. The fraction of sp³-hybridized carbons (Fsp3) is 0.455. The lowest BCUT2D eigenvalue weighted by Gasteiger charge is -2.26. The quantitative estimate of drug-likeness (QED) is 0.350. The normalized spacial score (nSPS) is 18.8. The molecule has 180 valence electrons. The largest absolute Gasteiger partial charge is 1.00 e. The van der Waals surface area contributed by atoms with Gasteiger partial charge in [0.25, 0.3) is 0 Å². The predicted octanol–water partition coefficient (Wildman–Crippen LogP) is -0.527. The summed E-state index contributed by atoms with van der Waals surface area (Å²) in [4.78, 5) is 5.09. The van der Waals surface area contributed by atoms with Crippen LogP contribution in [0.15, 0.2) is 41.4 Å². The smallest absolute Gasteiger partial charge is 0.240 e. The van der Waals surface area contributed by atoms with Gasteiger partial charge in [-0.25, -0.2) is 18.1 Å². The van der Waals surface area contributed by atoms with Gasteiger partial charge >= 0.3 is 0 Å². The van der Waals surface area contributed by atoms with Crippen molar-refractivity contribution in [1.82, 2.24) is 19.3 Å². The highest BCUT2D eigenvalue weighted by molar-refractivity contribution is 7.89. The molecule has 1 aliphatic carbocycles. The monoisotopic (exact) mass is 493 g/mol. The Hall–Kier alpha value is -2.40. The average Bonchev–Trinajstić information content (AvgIpc) is 3.20. The van der Waals surface area contributed by atoms with Gasteiger partial charge in [0.1, 0.15) is 11.6 Å². The third-order valence-corrected chi connectivity index (χ3v) is 7.46. The van der Waals surface area contributed by atoms with Crippen LogP contribution in [0.3, 0.4) is 0 Å². The van der Waals surface area contributed by atoms with Crippen molar-refractivity contribution < 1.29 is 26.6 Å². The molecule has 0 saturated heterocycles. The SMILES string of the molecule is CNS(=O)(=O)c1ccc(Nc2cc(NC3CCC([NH3+])CC3)nc3c(C(C)C)cnn23)cc1.[Cl-]. The summed E-state index contributed by atoms with van der Waals surface area (Å²) in [7, 11) is -2.08. The van der Waals surface area contributed by atoms with Gasteiger partial charge in [0, 0.05) is 36.2 Å². The van der Waals surface area contributed by atoms with Crippen LogP contribution in [0.4, 0.5) is 17.3 Å². The Balaban J connectivity index is 0.00000306. The highest BCUT2D eigenvalue weighted by Crippen LogP contribution is 2.28. The van der Waals surface area contributed by atoms with E-state index in [0.29, 0.717) is 12.1 Å². The lowest BCUT2D eigenvalue weighted by molar-refractivity contribution is -0.425. The van der Waals surface area contributed by atoms with E-state index in [0.717, 1.165) is 54.2 Å². The number of halogens is 1. The van der Waals surface area contributed by atoms with Crippen molar-refractivity contribution in [3.63, 3.8) is 0 Å². The molecule has 0 aliphatic heterocycles. The van der Waals surface area contributed by atoms with Gasteiger partial charge in [0.2, 0.25) is 10.0 Å². The Kier molecular flexibility index (Phi) is 7.84. The molecule has 1 saturated carbocycles. The Morgan fingerprint density at radius 1 is 1.12 bits per heavy atom. The molecule has 11 heteroatoms. The Bertz CT molecular complexity index is 1190. The number of quaternary nitrogens is 1. The minimum absolute atomic E-state index is 0. The van der Waals surface area contributed by atoms with Gasteiger partial charge < -0.3 is 28.8 Å². The molecule has 2 heterocycles. The highest BCUT2D eigenvalue weighted by atomic mass is 35.5. The van der Waals surface area contributed by atoms with E-state index in [-0.39, 0.29) is 23.2 Å². The maximum Gasteiger partial charge on any atom is 0.240 e. The van der Waals surface area contributed by atoms with Gasteiger partial charge in [-0.15, -0.1) is 0 Å². The fourth-order valence-corrected chi connectivity index (χ4v) is 4.78. The second-order valence-electron chi connectivity index (χ2n) is 8.74. The van der Waals surface area contributed by atoms with E-state index in [1.807, 2.05) is 12.3 Å². The standard InChI is InChI=1S/C22H31N7O2S.ClH/c1-14(2)19-13-25-29-21(27-17-8-10-18(11-9-17)32(30,31)24-3)12-20(28-22(19)29)26-16-6-4-15(23)5-7-16;/h8-16,24,27H,4-7,23H2,1-3H3,(H,26,28);1H. The number of aromatic nitrogens is 3. The van der Waals surface area contributed by atoms with Crippen molar-refractivity contribution in [1.29, 1.82) is 0 Å². The van der Waals surface area contributed by atoms with Crippen molar-refractivity contribution in [3.05, 3.63) is 42.1 Å². The minimum atomic E-state index is -3.48. The fourth-order valence-electron chi connectivity index (χ4n) is 4.05. The molecule has 1 fully saturated rings. The lowest BCUT2D eigenvalue weighted by Crippen LogP contribution is -3.00. The Labute approximate surface area is 201 Å². The summed E-state index contributed by atoms with van der Waals surface area (Å²) >= 11 is 0. The third-order valence-electron chi connectivity index (χ3n) is 6.03. The third kappa shape index (κ3) is 5.57. The molecule has 0 bridgehead atoms. The number of hydrogen-bond acceptors (Lipinski definition) is 6. The lowest BCUT2D eigenvalue weighted by atomic mass is 9.92. The van der Waals surface area contributed by atoms with Crippen LogP contribution in [-0.2, 0) is 10.0 Å². The van der Waals surface area contributed by atoms with Crippen LogP contribution in [0.25, 0.3) is 5.65 Å². The zero-order valence-corrected chi connectivity index (χ0v) is 20.7. The molecular formula is C22H32ClN7O2S. The van der Waals surface area contributed by atoms with Crippen LogP contribution in [0.1, 0.15) is 51.0 Å². The van der Waals surface area contributed by atoms with Crippen LogP contribution in [0.5, 0.6) is 0 Å². The van der Waals surface area contributed by atoms with E-state index < -0.39 is 10.0 Å². The summed E-state index contributed by atoms with van der Waals surface area (Å²) in [6.07, 6.45) is 6.27. The van der Waals surface area contributed by atoms with E-state index in [4.69, 9.17) is 4.98 Å². The molecule has 33 heavy (non-hydrogen) atoms. The van der Waals surface area contributed by atoms with E-state index in [1.54, 1.807) is 28.8 Å². The molecule has 0 atom stereocenters. The number of benzene rings is 1. The van der Waals surface area contributed by atoms with Crippen LogP contribution < -0.4 is 33.5 Å². The zero-order valence-electron chi connectivity index (χ0n) is 19.2. The number of nitrogens with one attached hydrogen (secondary N) is 3. The number of fused-ring (bicyclic) bond motifs is 1. The highest BCUT2D eigenvalue weighted by Gasteiger charge is 2.22. The van der Waals surface area contributed by atoms with Gasteiger partial charge in [-0.05, 0) is 50.1 Å². The predicted molar refractivity (Wildman–Crippen MR) is 126 cm³/mol. The molecule has 0 spiro atoms. The van der Waals surface area contributed by atoms with Crippen molar-refractivity contribution in [2.45, 2.75) is 62.4 Å². The summed E-state index contributed by atoms with van der Waals surface area (Å²) in [6.45, 7) is 4.25. The van der Waals surface area contributed by atoms with Gasteiger partial charge in [-0.2, -0.15) is 9.61 Å². The van der Waals surface area contributed by atoms with E-state index >= 15 is 0 Å². The van der Waals surface area contributed by atoms with Gasteiger partial charge in [-0.3, -0.25) is 0 Å². The topological polar surface area (TPSA) is 128 Å². The molecule has 0 unspecified atom stereocenters. The van der Waals surface area contributed by atoms with Crippen LogP contribution in [0, 0.1) is 0 Å². The molecule has 3 aromatic rings. The minimum Gasteiger partial charge on any atom is -1.00 e. The van der Waals surface area contributed by atoms with Crippen molar-refractivity contribution >= 4 is 33.0 Å². The molecule has 4 rings (SSSR count). The van der Waals surface area contributed by atoms with Crippen LogP contribution in [-0.4, -0.2) is 42.1 Å². The van der Waals surface area contributed by atoms with Crippen LogP contribution in [0.2, 0.25) is 0 Å². The number of hydrogen-bond donors (Lipinski definition) is 4. The van der Waals surface area contributed by atoms with Gasteiger partial charge in [-0.1, -0.05) is 13.8 Å². The van der Waals surface area contributed by atoms with Gasteiger partial charge in [0.05, 0.1) is 17.1 Å². The molecule has 0 amide bonds. The summed E-state index contributed by atoms with van der Waals surface area (Å²) in [6, 6.07) is 9.51. The molecule has 9 nitrogen and oxygen atoms in total. The molecule has 1 aromatic carbocycles. The summed E-state index contributed by atoms with van der Waals surface area (Å²) in [5.74, 6) is 1.86. The number of sulfonamides is 1. The average molecular weight is 494 g/mol. The molecular weight excluding hydrogens is 462 g/mol. The van der Waals surface area contributed by atoms with E-state index in [9.17, 15) is 8.42 Å². The first-order valence-electron chi connectivity index (χ1n) is 11.1. The second-order valence-corrected chi connectivity index (χ2v) is 10.6. The van der Waals surface area contributed by atoms with Crippen molar-refractivity contribution in [3.8, 4) is 0 Å². The van der Waals surface area contributed by atoms with E-state index in [1.165, 1.54) is 7.05 Å². The summed E-state index contributed by atoms with van der Waals surface area (Å²) in [5, 5.41) is 11.5. The first kappa shape index (κ1) is 25.2.